The molecule has 0 N–H and O–H groups in total. The van der Waals surface area contributed by atoms with Gasteiger partial charge >= 0.3 is 0 Å². The van der Waals surface area contributed by atoms with Crippen LogP contribution >= 0.6 is 27.5 Å². The normalized spacial score (nSPS) is 10.6. The maximum absolute atomic E-state index is 13.7. The van der Waals surface area contributed by atoms with E-state index in [4.69, 9.17) is 11.6 Å². The molecule has 98 valence electrons. The molecule has 0 aromatic heterocycles. The van der Waals surface area contributed by atoms with Gasteiger partial charge in [0.2, 0.25) is 0 Å². The average Bonchev–Trinajstić information content (AvgIpc) is 2.36. The van der Waals surface area contributed by atoms with Gasteiger partial charge in [0.1, 0.15) is 11.6 Å². The summed E-state index contributed by atoms with van der Waals surface area (Å²) in [6.07, 6.45) is 0. The summed E-state index contributed by atoms with van der Waals surface area (Å²) < 4.78 is 40.5. The van der Waals surface area contributed by atoms with E-state index in [9.17, 15) is 18.0 Å². The number of carbonyl (C=O) groups excluding carboxylic acids is 1. The Kier molecular flexibility index (Phi) is 3.96. The first-order valence-electron chi connectivity index (χ1n) is 5.05. The molecule has 0 unspecified atom stereocenters. The Morgan fingerprint density at radius 3 is 2.42 bits per heavy atom. The van der Waals surface area contributed by atoms with Gasteiger partial charge in [-0.05, 0) is 40.2 Å². The van der Waals surface area contributed by atoms with E-state index in [0.717, 1.165) is 12.1 Å². The van der Waals surface area contributed by atoms with Crippen LogP contribution in [0.25, 0.3) is 0 Å². The van der Waals surface area contributed by atoms with Crippen LogP contribution in [0.5, 0.6) is 0 Å². The molecule has 2 rings (SSSR count). The van der Waals surface area contributed by atoms with Crippen LogP contribution in [-0.4, -0.2) is 5.78 Å². The number of hydrogen-bond donors (Lipinski definition) is 0. The maximum atomic E-state index is 13.7. The minimum absolute atomic E-state index is 0.117. The van der Waals surface area contributed by atoms with Crippen molar-refractivity contribution in [3.8, 4) is 0 Å². The number of hydrogen-bond acceptors (Lipinski definition) is 1. The van der Waals surface area contributed by atoms with E-state index >= 15 is 0 Å². The highest BCUT2D eigenvalue weighted by Crippen LogP contribution is 2.25. The average molecular weight is 350 g/mol. The highest BCUT2D eigenvalue weighted by atomic mass is 79.9. The molecule has 2 aromatic rings. The van der Waals surface area contributed by atoms with E-state index in [2.05, 4.69) is 15.9 Å². The smallest absolute Gasteiger partial charge is 0.199 e. The van der Waals surface area contributed by atoms with Gasteiger partial charge in [-0.3, -0.25) is 4.79 Å². The second-order valence-corrected chi connectivity index (χ2v) is 4.94. The van der Waals surface area contributed by atoms with Gasteiger partial charge in [0.05, 0.1) is 20.6 Å². The summed E-state index contributed by atoms with van der Waals surface area (Å²) in [5.41, 5.74) is -0.963. The van der Waals surface area contributed by atoms with E-state index in [0.29, 0.717) is 6.07 Å². The first-order valence-corrected chi connectivity index (χ1v) is 6.22. The zero-order valence-corrected chi connectivity index (χ0v) is 11.5. The second-order valence-electron chi connectivity index (χ2n) is 3.68. The van der Waals surface area contributed by atoms with Crippen LogP contribution in [0, 0.1) is 17.5 Å². The van der Waals surface area contributed by atoms with Crippen LogP contribution in [0.3, 0.4) is 0 Å². The standard InChI is InChI=1S/C13H5BrClF3O/c14-8-5-10(16)7(4-11(8)17)13(19)6-2-1-3-9(15)12(6)18/h1-5H. The molecule has 19 heavy (non-hydrogen) atoms. The van der Waals surface area contributed by atoms with Crippen LogP contribution in [0.15, 0.2) is 34.8 Å². The summed E-state index contributed by atoms with van der Waals surface area (Å²) in [5.74, 6) is -3.69. The van der Waals surface area contributed by atoms with Crippen molar-refractivity contribution < 1.29 is 18.0 Å². The molecular formula is C13H5BrClF3O. The van der Waals surface area contributed by atoms with Crippen molar-refractivity contribution >= 4 is 33.3 Å². The molecule has 1 nitrogen and oxygen atoms in total. The number of benzene rings is 2. The topological polar surface area (TPSA) is 17.1 Å². The fourth-order valence-corrected chi connectivity index (χ4v) is 2.01. The summed E-state index contributed by atoms with van der Waals surface area (Å²) in [6, 6.07) is 5.29. The Hall–Kier alpha value is -1.33. The monoisotopic (exact) mass is 348 g/mol. The van der Waals surface area contributed by atoms with Gasteiger partial charge < -0.3 is 0 Å². The molecule has 0 radical (unpaired) electrons. The van der Waals surface area contributed by atoms with Crippen molar-refractivity contribution in [1.82, 2.24) is 0 Å². The minimum Gasteiger partial charge on any atom is -0.288 e. The summed E-state index contributed by atoms with van der Waals surface area (Å²) in [4.78, 5) is 12.0. The molecule has 0 saturated heterocycles. The van der Waals surface area contributed by atoms with Crippen LogP contribution in [0.4, 0.5) is 13.2 Å². The van der Waals surface area contributed by atoms with Crippen molar-refractivity contribution in [2.24, 2.45) is 0 Å². The first kappa shape index (κ1) is 14.1. The van der Waals surface area contributed by atoms with Crippen molar-refractivity contribution in [2.45, 2.75) is 0 Å². The molecule has 0 spiro atoms. The molecule has 0 bridgehead atoms. The molecule has 0 aliphatic rings. The quantitative estimate of drug-likeness (QED) is 0.565. The minimum atomic E-state index is -0.969. The third-order valence-electron chi connectivity index (χ3n) is 2.45. The van der Waals surface area contributed by atoms with Gasteiger partial charge in [0, 0.05) is 0 Å². The fourth-order valence-electron chi connectivity index (χ4n) is 1.52. The Morgan fingerprint density at radius 1 is 1.05 bits per heavy atom. The number of ketones is 1. The zero-order valence-electron chi connectivity index (χ0n) is 9.18. The molecule has 0 heterocycles. The van der Waals surface area contributed by atoms with Gasteiger partial charge in [0.25, 0.3) is 0 Å². The van der Waals surface area contributed by atoms with Gasteiger partial charge in [-0.2, -0.15) is 0 Å². The van der Waals surface area contributed by atoms with Gasteiger partial charge in [-0.15, -0.1) is 0 Å². The zero-order chi connectivity index (χ0) is 14.2. The highest BCUT2D eigenvalue weighted by molar-refractivity contribution is 9.10. The fraction of sp³-hybridized carbons (Fsp3) is 0. The Bertz CT molecular complexity index is 673. The van der Waals surface area contributed by atoms with Gasteiger partial charge in [-0.1, -0.05) is 17.7 Å². The predicted octanol–water partition coefficient (Wildman–Crippen LogP) is 4.75. The Morgan fingerprint density at radius 2 is 1.74 bits per heavy atom. The number of rotatable bonds is 2. The summed E-state index contributed by atoms with van der Waals surface area (Å²) in [7, 11) is 0. The number of carbonyl (C=O) groups is 1. The third-order valence-corrected chi connectivity index (χ3v) is 3.35. The Balaban J connectivity index is 2.56. The first-order chi connectivity index (χ1) is 8.91. The van der Waals surface area contributed by atoms with Crippen molar-refractivity contribution in [3.05, 3.63) is 68.4 Å². The molecule has 0 aliphatic heterocycles. The molecular weight excluding hydrogens is 344 g/mol. The van der Waals surface area contributed by atoms with Gasteiger partial charge in [-0.25, -0.2) is 13.2 Å². The molecule has 0 aliphatic carbocycles. The number of halogens is 5. The van der Waals surface area contributed by atoms with Crippen LogP contribution < -0.4 is 0 Å². The highest BCUT2D eigenvalue weighted by Gasteiger charge is 2.20. The Labute approximate surface area is 120 Å². The maximum Gasteiger partial charge on any atom is 0.199 e. The third kappa shape index (κ3) is 2.67. The molecule has 0 saturated carbocycles. The van der Waals surface area contributed by atoms with Crippen molar-refractivity contribution in [1.29, 1.82) is 0 Å². The van der Waals surface area contributed by atoms with E-state index < -0.39 is 34.4 Å². The van der Waals surface area contributed by atoms with E-state index in [1.54, 1.807) is 0 Å². The lowest BCUT2D eigenvalue weighted by atomic mass is 10.0. The van der Waals surface area contributed by atoms with Gasteiger partial charge in [0.15, 0.2) is 11.6 Å². The lowest BCUT2D eigenvalue weighted by molar-refractivity contribution is 0.103. The SMILES string of the molecule is O=C(c1cc(F)c(Br)cc1F)c1cccc(Cl)c1F. The molecule has 2 aromatic carbocycles. The predicted molar refractivity (Wildman–Crippen MR) is 68.9 cm³/mol. The molecule has 0 amide bonds. The van der Waals surface area contributed by atoms with Crippen LogP contribution in [-0.2, 0) is 0 Å². The van der Waals surface area contributed by atoms with Crippen molar-refractivity contribution in [2.75, 3.05) is 0 Å². The molecule has 0 fully saturated rings. The lowest BCUT2D eigenvalue weighted by Gasteiger charge is -2.06. The summed E-state index contributed by atoms with van der Waals surface area (Å²) >= 11 is 8.33. The lowest BCUT2D eigenvalue weighted by Crippen LogP contribution is -2.08. The van der Waals surface area contributed by atoms with Crippen molar-refractivity contribution in [3.63, 3.8) is 0 Å². The van der Waals surface area contributed by atoms with Crippen LogP contribution in [0.1, 0.15) is 15.9 Å². The molecule has 6 heteroatoms. The van der Waals surface area contributed by atoms with E-state index in [-0.39, 0.29) is 9.50 Å². The second kappa shape index (κ2) is 5.35. The molecule has 0 atom stereocenters. The van der Waals surface area contributed by atoms with E-state index in [1.165, 1.54) is 12.1 Å². The largest absolute Gasteiger partial charge is 0.288 e. The summed E-state index contributed by atoms with van der Waals surface area (Å²) in [6.45, 7) is 0. The summed E-state index contributed by atoms with van der Waals surface area (Å²) in [5, 5.41) is -0.260. The van der Waals surface area contributed by atoms with Crippen LogP contribution in [0.2, 0.25) is 5.02 Å². The van der Waals surface area contributed by atoms with E-state index in [1.807, 2.05) is 0 Å².